The van der Waals surface area contributed by atoms with Gasteiger partial charge in [0, 0.05) is 18.7 Å². The topological polar surface area (TPSA) is 63.7 Å². The second kappa shape index (κ2) is 7.79. The minimum Gasteiger partial charge on any atom is -0.496 e. The molecule has 0 atom stereocenters. The van der Waals surface area contributed by atoms with Gasteiger partial charge in [-0.05, 0) is 18.2 Å². The third-order valence-corrected chi connectivity index (χ3v) is 3.94. The number of ether oxygens (including phenoxy) is 2. The van der Waals surface area contributed by atoms with Gasteiger partial charge in [-0.15, -0.1) is 0 Å². The number of carbonyl (C=O) groups excluding carboxylic acids is 1. The van der Waals surface area contributed by atoms with Crippen molar-refractivity contribution in [3.05, 3.63) is 48.2 Å². The highest BCUT2D eigenvalue weighted by Crippen LogP contribution is 2.19. The fourth-order valence-electron chi connectivity index (χ4n) is 2.68. The summed E-state index contributed by atoms with van der Waals surface area (Å²) in [5, 5.41) is 2.82. The first-order valence-electron chi connectivity index (χ1n) is 7.97. The molecule has 2 heterocycles. The van der Waals surface area contributed by atoms with Crippen LogP contribution in [0.5, 0.6) is 5.75 Å². The summed E-state index contributed by atoms with van der Waals surface area (Å²) in [6.07, 6.45) is 2.03. The number of nitrogens with one attached hydrogen (secondary N) is 1. The molecule has 1 amide bonds. The third kappa shape index (κ3) is 4.02. The van der Waals surface area contributed by atoms with Crippen molar-refractivity contribution in [2.45, 2.75) is 6.42 Å². The van der Waals surface area contributed by atoms with Gasteiger partial charge in [0.1, 0.15) is 11.6 Å². The van der Waals surface area contributed by atoms with Crippen LogP contribution < -0.4 is 15.0 Å². The normalized spacial score (nSPS) is 14.3. The average Bonchev–Trinajstić information content (AvgIpc) is 2.63. The van der Waals surface area contributed by atoms with E-state index in [1.807, 2.05) is 36.4 Å². The fourth-order valence-corrected chi connectivity index (χ4v) is 2.68. The smallest absolute Gasteiger partial charge is 0.230 e. The summed E-state index contributed by atoms with van der Waals surface area (Å²) in [6.45, 7) is 3.19. The quantitative estimate of drug-likeness (QED) is 0.911. The molecule has 0 bridgehead atoms. The first-order chi connectivity index (χ1) is 11.8. The number of carbonyl (C=O) groups is 1. The van der Waals surface area contributed by atoms with Gasteiger partial charge in [0.15, 0.2) is 0 Å². The summed E-state index contributed by atoms with van der Waals surface area (Å²) in [5.41, 5.74) is 1.89. The number of rotatable bonds is 5. The highest BCUT2D eigenvalue weighted by molar-refractivity contribution is 5.91. The maximum Gasteiger partial charge on any atom is 0.230 e. The van der Waals surface area contributed by atoms with Gasteiger partial charge in [0.25, 0.3) is 0 Å². The predicted octanol–water partition coefficient (Wildman–Crippen LogP) is 2.11. The number of methoxy groups -OCH3 is 1. The molecule has 24 heavy (non-hydrogen) atoms. The van der Waals surface area contributed by atoms with E-state index in [2.05, 4.69) is 15.2 Å². The van der Waals surface area contributed by atoms with E-state index in [0.717, 1.165) is 37.6 Å². The average molecular weight is 327 g/mol. The Balaban J connectivity index is 1.60. The number of hydrogen-bond donors (Lipinski definition) is 1. The number of anilines is 2. The highest BCUT2D eigenvalue weighted by Gasteiger charge is 2.12. The molecule has 126 valence electrons. The predicted molar refractivity (Wildman–Crippen MR) is 92.6 cm³/mol. The monoisotopic (exact) mass is 327 g/mol. The summed E-state index contributed by atoms with van der Waals surface area (Å²) in [4.78, 5) is 18.8. The molecule has 3 rings (SSSR count). The van der Waals surface area contributed by atoms with E-state index in [0.29, 0.717) is 11.6 Å². The van der Waals surface area contributed by atoms with Crippen LogP contribution in [-0.2, 0) is 16.0 Å². The van der Waals surface area contributed by atoms with Crippen LogP contribution in [0.3, 0.4) is 0 Å². The molecular weight excluding hydrogens is 306 g/mol. The van der Waals surface area contributed by atoms with E-state index >= 15 is 0 Å². The SMILES string of the molecule is COc1ccccc1CC(=O)Nc1ccc(N2CCOCC2)cn1. The van der Waals surface area contributed by atoms with Crippen LogP contribution in [0.15, 0.2) is 42.6 Å². The Kier molecular flexibility index (Phi) is 5.28. The van der Waals surface area contributed by atoms with Gasteiger partial charge < -0.3 is 19.7 Å². The number of pyridine rings is 1. The van der Waals surface area contributed by atoms with Crippen molar-refractivity contribution in [2.75, 3.05) is 43.6 Å². The van der Waals surface area contributed by atoms with Crippen molar-refractivity contribution < 1.29 is 14.3 Å². The molecule has 0 aliphatic carbocycles. The Labute approximate surface area is 141 Å². The van der Waals surface area contributed by atoms with Crippen molar-refractivity contribution in [1.29, 1.82) is 0 Å². The van der Waals surface area contributed by atoms with Crippen LogP contribution in [-0.4, -0.2) is 44.3 Å². The molecule has 0 spiro atoms. The van der Waals surface area contributed by atoms with E-state index in [9.17, 15) is 4.79 Å². The zero-order valence-electron chi connectivity index (χ0n) is 13.7. The fraction of sp³-hybridized carbons (Fsp3) is 0.333. The minimum atomic E-state index is -0.119. The van der Waals surface area contributed by atoms with E-state index in [4.69, 9.17) is 9.47 Å². The number of benzene rings is 1. The zero-order valence-corrected chi connectivity index (χ0v) is 13.7. The lowest BCUT2D eigenvalue weighted by Gasteiger charge is -2.28. The molecule has 6 nitrogen and oxygen atoms in total. The number of morpholine rings is 1. The number of aromatic nitrogens is 1. The van der Waals surface area contributed by atoms with Gasteiger partial charge in [0.2, 0.25) is 5.91 Å². The van der Waals surface area contributed by atoms with Crippen molar-refractivity contribution in [1.82, 2.24) is 4.98 Å². The number of hydrogen-bond acceptors (Lipinski definition) is 5. The van der Waals surface area contributed by atoms with E-state index in [-0.39, 0.29) is 12.3 Å². The zero-order chi connectivity index (χ0) is 16.8. The Morgan fingerprint density at radius 2 is 2.04 bits per heavy atom. The summed E-state index contributed by atoms with van der Waals surface area (Å²) < 4.78 is 10.6. The van der Waals surface area contributed by atoms with Crippen molar-refractivity contribution in [2.24, 2.45) is 0 Å². The molecular formula is C18H21N3O3. The lowest BCUT2D eigenvalue weighted by molar-refractivity contribution is -0.115. The second-order valence-corrected chi connectivity index (χ2v) is 5.54. The van der Waals surface area contributed by atoms with Crippen molar-refractivity contribution in [3.8, 4) is 5.75 Å². The van der Waals surface area contributed by atoms with Crippen LogP contribution in [0.4, 0.5) is 11.5 Å². The van der Waals surface area contributed by atoms with E-state index in [1.165, 1.54) is 0 Å². The van der Waals surface area contributed by atoms with Gasteiger partial charge in [-0.25, -0.2) is 4.98 Å². The maximum atomic E-state index is 12.2. The highest BCUT2D eigenvalue weighted by atomic mass is 16.5. The lowest BCUT2D eigenvalue weighted by Crippen LogP contribution is -2.36. The molecule has 0 saturated carbocycles. The van der Waals surface area contributed by atoms with Gasteiger partial charge in [-0.2, -0.15) is 0 Å². The van der Waals surface area contributed by atoms with Crippen LogP contribution in [0.25, 0.3) is 0 Å². The number of nitrogens with zero attached hydrogens (tertiary/aromatic N) is 2. The molecule has 1 aromatic carbocycles. The summed E-state index contributed by atoms with van der Waals surface area (Å²) in [6, 6.07) is 11.3. The summed E-state index contributed by atoms with van der Waals surface area (Å²) >= 11 is 0. The Morgan fingerprint density at radius 1 is 1.25 bits per heavy atom. The van der Waals surface area contributed by atoms with Gasteiger partial charge in [-0.1, -0.05) is 18.2 Å². The standard InChI is InChI=1S/C18H21N3O3/c1-23-16-5-3-2-4-14(16)12-18(22)20-17-7-6-15(13-19-17)21-8-10-24-11-9-21/h2-7,13H,8-12H2,1H3,(H,19,20,22). The molecule has 0 radical (unpaired) electrons. The Bertz CT molecular complexity index is 682. The van der Waals surface area contributed by atoms with Crippen molar-refractivity contribution in [3.63, 3.8) is 0 Å². The van der Waals surface area contributed by atoms with Crippen LogP contribution >= 0.6 is 0 Å². The van der Waals surface area contributed by atoms with Gasteiger partial charge >= 0.3 is 0 Å². The molecule has 1 fully saturated rings. The summed E-state index contributed by atoms with van der Waals surface area (Å²) in [5.74, 6) is 1.14. The molecule has 1 aliphatic heterocycles. The molecule has 1 aliphatic rings. The summed E-state index contributed by atoms with van der Waals surface area (Å²) in [7, 11) is 1.60. The van der Waals surface area contributed by atoms with Gasteiger partial charge in [-0.3, -0.25) is 4.79 Å². The van der Waals surface area contributed by atoms with Crippen LogP contribution in [0.1, 0.15) is 5.56 Å². The Morgan fingerprint density at radius 3 is 2.75 bits per heavy atom. The number of amides is 1. The largest absolute Gasteiger partial charge is 0.496 e. The third-order valence-electron chi connectivity index (χ3n) is 3.94. The Hall–Kier alpha value is -2.60. The molecule has 2 aromatic rings. The molecule has 0 unspecified atom stereocenters. The minimum absolute atomic E-state index is 0.119. The van der Waals surface area contributed by atoms with Crippen molar-refractivity contribution >= 4 is 17.4 Å². The molecule has 1 N–H and O–H groups in total. The van der Waals surface area contributed by atoms with E-state index in [1.54, 1.807) is 13.3 Å². The molecule has 1 aromatic heterocycles. The van der Waals surface area contributed by atoms with Crippen LogP contribution in [0, 0.1) is 0 Å². The lowest BCUT2D eigenvalue weighted by atomic mass is 10.1. The first kappa shape index (κ1) is 16.3. The first-order valence-corrected chi connectivity index (χ1v) is 7.97. The van der Waals surface area contributed by atoms with E-state index < -0.39 is 0 Å². The maximum absolute atomic E-state index is 12.2. The number of para-hydroxylation sites is 1. The van der Waals surface area contributed by atoms with Gasteiger partial charge in [0.05, 0.1) is 38.6 Å². The molecule has 6 heteroatoms. The van der Waals surface area contributed by atoms with Crippen LogP contribution in [0.2, 0.25) is 0 Å². The molecule has 1 saturated heterocycles. The second-order valence-electron chi connectivity index (χ2n) is 5.54.